The van der Waals surface area contributed by atoms with Gasteiger partial charge in [0.05, 0.1) is 28.8 Å². The van der Waals surface area contributed by atoms with Crippen molar-refractivity contribution in [1.82, 2.24) is 19.1 Å². The second-order valence-corrected chi connectivity index (χ2v) is 10.9. The first-order valence-corrected chi connectivity index (χ1v) is 14.1. The fourth-order valence-corrected chi connectivity index (χ4v) is 7.07. The second kappa shape index (κ2) is 8.03. The van der Waals surface area contributed by atoms with Crippen LogP contribution < -0.4 is 0 Å². The Morgan fingerprint density at radius 2 is 1.27 bits per heavy atom. The van der Waals surface area contributed by atoms with Crippen LogP contribution in [0.1, 0.15) is 23.9 Å². The molecule has 0 unspecified atom stereocenters. The maximum Gasteiger partial charge on any atom is 0.149 e. The van der Waals surface area contributed by atoms with Crippen LogP contribution in [0.25, 0.3) is 65.8 Å². The zero-order valence-corrected chi connectivity index (χ0v) is 22.2. The van der Waals surface area contributed by atoms with E-state index in [1.165, 1.54) is 65.7 Å². The summed E-state index contributed by atoms with van der Waals surface area (Å²) in [6.07, 6.45) is 0.928. The van der Waals surface area contributed by atoms with Crippen molar-refractivity contribution in [1.29, 1.82) is 0 Å². The highest BCUT2D eigenvalue weighted by atomic mass is 15.0. The fraction of sp³-hybridized carbons (Fsp3) is 0.111. The third kappa shape index (κ3) is 2.91. The Balaban J connectivity index is 1.32. The van der Waals surface area contributed by atoms with Crippen molar-refractivity contribution < 1.29 is 0 Å². The average Bonchev–Trinajstić information content (AvgIpc) is 3.48. The molecule has 0 radical (unpaired) electrons. The van der Waals surface area contributed by atoms with Crippen LogP contribution in [0.4, 0.5) is 0 Å². The lowest BCUT2D eigenvalue weighted by molar-refractivity contribution is 0.800. The van der Waals surface area contributed by atoms with Gasteiger partial charge in [-0.05, 0) is 54.8 Å². The number of para-hydroxylation sites is 2. The number of aryl methyl sites for hydroxylation is 1. The summed E-state index contributed by atoms with van der Waals surface area (Å²) in [6, 6.07) is 37.4. The summed E-state index contributed by atoms with van der Waals surface area (Å²) < 4.78 is 4.84. The first-order valence-electron chi connectivity index (χ1n) is 14.1. The smallest absolute Gasteiger partial charge is 0.149 e. The van der Waals surface area contributed by atoms with Crippen LogP contribution in [0.15, 0.2) is 103 Å². The summed E-state index contributed by atoms with van der Waals surface area (Å²) in [5, 5.41) is 6.36. The molecule has 9 rings (SSSR count). The molecular weight excluding hydrogens is 488 g/mol. The molecule has 3 aromatic heterocycles. The molecule has 0 N–H and O–H groups in total. The molecule has 0 saturated heterocycles. The number of hydrogen-bond acceptors (Lipinski definition) is 2. The van der Waals surface area contributed by atoms with Crippen molar-refractivity contribution in [2.24, 2.45) is 0 Å². The molecule has 3 heterocycles. The zero-order valence-electron chi connectivity index (χ0n) is 22.2. The predicted molar refractivity (Wildman–Crippen MR) is 165 cm³/mol. The van der Waals surface area contributed by atoms with Crippen molar-refractivity contribution in [3.63, 3.8) is 0 Å². The first-order chi connectivity index (χ1) is 19.8. The van der Waals surface area contributed by atoms with E-state index in [1.807, 2.05) is 0 Å². The molecule has 0 fully saturated rings. The lowest BCUT2D eigenvalue weighted by Gasteiger charge is -2.20. The maximum absolute atomic E-state index is 5.25. The zero-order chi connectivity index (χ0) is 26.4. The van der Waals surface area contributed by atoms with Crippen molar-refractivity contribution in [3.05, 3.63) is 120 Å². The van der Waals surface area contributed by atoms with Gasteiger partial charge in [0, 0.05) is 50.1 Å². The van der Waals surface area contributed by atoms with Crippen molar-refractivity contribution >= 4 is 54.5 Å². The summed E-state index contributed by atoms with van der Waals surface area (Å²) in [5.74, 6) is 0.843. The van der Waals surface area contributed by atoms with Gasteiger partial charge in [-0.25, -0.2) is 9.97 Å². The largest absolute Gasteiger partial charge is 0.341 e. The highest BCUT2D eigenvalue weighted by Crippen LogP contribution is 2.39. The topological polar surface area (TPSA) is 35.6 Å². The normalized spacial score (nSPS) is 12.7. The van der Waals surface area contributed by atoms with Gasteiger partial charge >= 0.3 is 0 Å². The minimum atomic E-state index is 0.608. The summed E-state index contributed by atoms with van der Waals surface area (Å²) in [7, 11) is 0. The molecule has 40 heavy (non-hydrogen) atoms. The lowest BCUT2D eigenvalue weighted by Crippen LogP contribution is -2.09. The van der Waals surface area contributed by atoms with E-state index in [0.29, 0.717) is 6.54 Å². The fourth-order valence-electron chi connectivity index (χ4n) is 7.07. The van der Waals surface area contributed by atoms with E-state index in [0.717, 1.165) is 30.0 Å². The van der Waals surface area contributed by atoms with Crippen LogP contribution in [0, 0.1) is 0 Å². The SMILES string of the molecule is CCn1c2ccccc2c2cc3c4ccccc4n(Cc4nc5c6c(cccc6n4)Cc4ccccc4-5)c3cc21. The highest BCUT2D eigenvalue weighted by molar-refractivity contribution is 6.18. The minimum Gasteiger partial charge on any atom is -0.341 e. The summed E-state index contributed by atoms with van der Waals surface area (Å²) >= 11 is 0. The van der Waals surface area contributed by atoms with Crippen LogP contribution in [0.2, 0.25) is 0 Å². The molecule has 4 heteroatoms. The number of nitrogens with zero attached hydrogens (tertiary/aromatic N) is 4. The monoisotopic (exact) mass is 514 g/mol. The average molecular weight is 515 g/mol. The molecular formula is C36H26N4. The third-order valence-electron chi connectivity index (χ3n) is 8.79. The van der Waals surface area contributed by atoms with E-state index in [4.69, 9.17) is 9.97 Å². The van der Waals surface area contributed by atoms with Crippen molar-refractivity contribution in [2.45, 2.75) is 26.4 Å². The van der Waals surface area contributed by atoms with E-state index in [2.05, 4.69) is 119 Å². The van der Waals surface area contributed by atoms with Gasteiger partial charge in [0.2, 0.25) is 0 Å². The number of benzene rings is 5. The van der Waals surface area contributed by atoms with E-state index in [9.17, 15) is 0 Å². The number of aromatic nitrogens is 4. The van der Waals surface area contributed by atoms with Gasteiger partial charge in [0.25, 0.3) is 0 Å². The maximum atomic E-state index is 5.25. The van der Waals surface area contributed by atoms with Crippen LogP contribution in [0.5, 0.6) is 0 Å². The molecule has 4 nitrogen and oxygen atoms in total. The van der Waals surface area contributed by atoms with Gasteiger partial charge in [-0.15, -0.1) is 0 Å². The Morgan fingerprint density at radius 3 is 2.08 bits per heavy atom. The Morgan fingerprint density at radius 1 is 0.600 bits per heavy atom. The number of rotatable bonds is 3. The Hall–Kier alpha value is -4.96. The lowest BCUT2D eigenvalue weighted by atomic mass is 9.88. The minimum absolute atomic E-state index is 0.608. The molecule has 1 aliphatic carbocycles. The number of hydrogen-bond donors (Lipinski definition) is 0. The summed E-state index contributed by atoms with van der Waals surface area (Å²) in [4.78, 5) is 10.4. The predicted octanol–water partition coefficient (Wildman–Crippen LogP) is 8.49. The molecule has 0 amide bonds. The molecule has 0 bridgehead atoms. The first kappa shape index (κ1) is 21.9. The molecule has 5 aromatic carbocycles. The van der Waals surface area contributed by atoms with Crippen LogP contribution >= 0.6 is 0 Å². The van der Waals surface area contributed by atoms with Gasteiger partial charge in [-0.1, -0.05) is 72.8 Å². The van der Waals surface area contributed by atoms with Crippen LogP contribution in [0.3, 0.4) is 0 Å². The molecule has 190 valence electrons. The van der Waals surface area contributed by atoms with Gasteiger partial charge in [-0.3, -0.25) is 0 Å². The quantitative estimate of drug-likeness (QED) is 0.237. The molecule has 0 saturated carbocycles. The van der Waals surface area contributed by atoms with Gasteiger partial charge in [-0.2, -0.15) is 0 Å². The molecule has 0 atom stereocenters. The summed E-state index contributed by atoms with van der Waals surface area (Å²) in [5.41, 5.74) is 11.0. The molecule has 0 spiro atoms. The Kier molecular flexibility index (Phi) is 4.40. The van der Waals surface area contributed by atoms with E-state index in [1.54, 1.807) is 0 Å². The third-order valence-corrected chi connectivity index (χ3v) is 8.79. The van der Waals surface area contributed by atoms with Crippen molar-refractivity contribution in [2.75, 3.05) is 0 Å². The van der Waals surface area contributed by atoms with Crippen LogP contribution in [-0.2, 0) is 19.5 Å². The van der Waals surface area contributed by atoms with Gasteiger partial charge in [0.1, 0.15) is 5.82 Å². The van der Waals surface area contributed by atoms with Gasteiger partial charge < -0.3 is 9.13 Å². The van der Waals surface area contributed by atoms with E-state index >= 15 is 0 Å². The summed E-state index contributed by atoms with van der Waals surface area (Å²) in [6.45, 7) is 3.76. The Bertz CT molecular complexity index is 2320. The van der Waals surface area contributed by atoms with Gasteiger partial charge in [0.15, 0.2) is 0 Å². The second-order valence-electron chi connectivity index (χ2n) is 10.9. The molecule has 1 aliphatic rings. The standard InChI is InChI=1S/C36H26N4/c1-2-39-30-16-7-5-13-25(30)27-19-28-26-14-6-8-17-31(26)40(33(28)20-32(27)39)21-34-37-29-15-9-11-23-18-22-10-3-4-12-24(22)36(38-34)35(23)29/h3-17,19-20H,2,18,21H2,1H3. The van der Waals surface area contributed by atoms with Crippen LogP contribution in [-0.4, -0.2) is 19.1 Å². The molecule has 8 aromatic rings. The van der Waals surface area contributed by atoms with E-state index < -0.39 is 0 Å². The molecule has 0 aliphatic heterocycles. The Labute approximate surface area is 231 Å². The number of fused-ring (bicyclic) bond motifs is 8. The van der Waals surface area contributed by atoms with E-state index in [-0.39, 0.29) is 0 Å². The van der Waals surface area contributed by atoms with Crippen molar-refractivity contribution in [3.8, 4) is 11.3 Å². The highest BCUT2D eigenvalue weighted by Gasteiger charge is 2.22.